The molecular weight excluding hydrogens is 583 g/mol. The zero-order valence-electron chi connectivity index (χ0n) is 22.8. The third kappa shape index (κ3) is 6.27. The van der Waals surface area contributed by atoms with E-state index in [0.717, 1.165) is 31.4 Å². The molecule has 1 aliphatic carbocycles. The Morgan fingerprint density at radius 3 is 2.29 bits per heavy atom. The Bertz CT molecular complexity index is 1480. The van der Waals surface area contributed by atoms with Gasteiger partial charge in [-0.2, -0.15) is 5.10 Å². The summed E-state index contributed by atoms with van der Waals surface area (Å²) in [5.41, 5.74) is 2.01. The molecule has 4 heterocycles. The van der Waals surface area contributed by atoms with E-state index in [1.54, 1.807) is 40.0 Å². The third-order valence-electron chi connectivity index (χ3n) is 8.00. The topological polar surface area (TPSA) is 147 Å². The van der Waals surface area contributed by atoms with Crippen LogP contribution in [0.2, 0.25) is 10.0 Å². The molecule has 2 atom stereocenters. The minimum absolute atomic E-state index is 0.0125. The normalized spacial score (nSPS) is 20.2. The van der Waals surface area contributed by atoms with E-state index in [-0.39, 0.29) is 46.4 Å². The number of nitrogens with zero attached hydrogens (tertiary/aromatic N) is 4. The molecule has 2 bridgehead atoms. The number of hydrogen-bond acceptors (Lipinski definition) is 6. The summed E-state index contributed by atoms with van der Waals surface area (Å²) in [7, 11) is 0. The van der Waals surface area contributed by atoms with Crippen molar-refractivity contribution in [3.63, 3.8) is 0 Å². The first-order chi connectivity index (χ1) is 20.1. The van der Waals surface area contributed by atoms with Gasteiger partial charge in [-0.05, 0) is 62.3 Å². The molecule has 3 N–H and O–H groups in total. The van der Waals surface area contributed by atoms with Crippen LogP contribution >= 0.6 is 23.2 Å². The first-order valence-electron chi connectivity index (χ1n) is 13.6. The number of hydrogen-bond donors (Lipinski definition) is 3. The lowest BCUT2D eigenvalue weighted by atomic mass is 9.74. The van der Waals surface area contributed by atoms with E-state index in [9.17, 15) is 24.3 Å². The quantitative estimate of drug-likeness (QED) is 0.333. The van der Waals surface area contributed by atoms with E-state index in [1.165, 1.54) is 12.4 Å². The number of halogens is 2. The molecule has 3 amide bonds. The van der Waals surface area contributed by atoms with Crippen molar-refractivity contribution >= 4 is 52.6 Å². The first kappa shape index (κ1) is 29.5. The predicted octanol–water partition coefficient (Wildman–Crippen LogP) is 3.73. The predicted molar refractivity (Wildman–Crippen MR) is 155 cm³/mol. The van der Waals surface area contributed by atoms with Gasteiger partial charge in [0, 0.05) is 42.4 Å². The number of piperidine rings is 2. The summed E-state index contributed by atoms with van der Waals surface area (Å²) in [5, 5.41) is 19.8. The van der Waals surface area contributed by atoms with E-state index in [2.05, 4.69) is 20.7 Å². The van der Waals surface area contributed by atoms with Crippen LogP contribution in [0.15, 0.2) is 48.9 Å². The summed E-state index contributed by atoms with van der Waals surface area (Å²) in [5.74, 6) is -2.39. The Labute approximate surface area is 252 Å². The van der Waals surface area contributed by atoms with Gasteiger partial charge in [0.15, 0.2) is 0 Å². The number of nitrogens with one attached hydrogen (secondary N) is 2. The largest absolute Gasteiger partial charge is 0.480 e. The van der Waals surface area contributed by atoms with Gasteiger partial charge in [0.25, 0.3) is 5.91 Å². The minimum Gasteiger partial charge on any atom is -0.480 e. The summed E-state index contributed by atoms with van der Waals surface area (Å²) in [4.78, 5) is 57.3. The highest BCUT2D eigenvalue weighted by atomic mass is 35.5. The van der Waals surface area contributed by atoms with Crippen molar-refractivity contribution in [2.24, 2.45) is 5.92 Å². The second-order valence-electron chi connectivity index (χ2n) is 10.7. The van der Waals surface area contributed by atoms with Gasteiger partial charge in [0.2, 0.25) is 11.8 Å². The van der Waals surface area contributed by atoms with Crippen molar-refractivity contribution in [3.8, 4) is 0 Å². The van der Waals surface area contributed by atoms with Crippen LogP contribution in [0.25, 0.3) is 0 Å². The highest BCUT2D eigenvalue weighted by Crippen LogP contribution is 2.40. The van der Waals surface area contributed by atoms with Crippen LogP contribution in [0.4, 0.5) is 5.69 Å². The second-order valence-corrected chi connectivity index (χ2v) is 11.5. The molecule has 1 aromatic carbocycles. The number of benzene rings is 1. The van der Waals surface area contributed by atoms with Crippen LogP contribution in [0.1, 0.15) is 47.3 Å². The SMILES string of the molecule is Cc1ccnn1CC(=O)N1C2CCC(CC2)C1C(=O)NC(Cc1ccc(NC(=O)c2c(Cl)cncc2Cl)cc1)C(=O)O. The standard InChI is InChI=1S/C29H30Cl2N6O5/c1-16-10-11-33-36(16)15-24(38)37-20-8-4-18(5-9-20)26(37)28(40)35-23(29(41)42)12-17-2-6-19(7-3-17)34-27(39)25-21(30)13-32-14-22(25)31/h2-3,6-7,10-11,13-14,18,20,23,26H,4-5,8-9,12,15H2,1H3,(H,34,39)(H,35,40)(H,41,42). The first-order valence-corrected chi connectivity index (χ1v) is 14.4. The van der Waals surface area contributed by atoms with E-state index in [4.69, 9.17) is 23.2 Å². The van der Waals surface area contributed by atoms with Crippen LogP contribution in [0.5, 0.6) is 0 Å². The number of carbonyl (C=O) groups is 4. The van der Waals surface area contributed by atoms with Gasteiger partial charge in [-0.1, -0.05) is 35.3 Å². The average Bonchev–Trinajstić information content (AvgIpc) is 3.37. The number of carboxylic acids is 1. The molecule has 2 unspecified atom stereocenters. The van der Waals surface area contributed by atoms with E-state index in [1.807, 2.05) is 13.0 Å². The number of aliphatic carboxylic acids is 1. The Balaban J connectivity index is 1.26. The number of aromatic nitrogens is 3. The maximum atomic E-state index is 13.6. The van der Waals surface area contributed by atoms with Crippen molar-refractivity contribution < 1.29 is 24.3 Å². The fourth-order valence-corrected chi connectivity index (χ4v) is 6.40. The Hall–Kier alpha value is -3.96. The minimum atomic E-state index is -1.21. The van der Waals surface area contributed by atoms with E-state index >= 15 is 0 Å². The molecule has 13 heteroatoms. The van der Waals surface area contributed by atoms with E-state index in [0.29, 0.717) is 11.3 Å². The monoisotopic (exact) mass is 612 g/mol. The molecule has 11 nitrogen and oxygen atoms in total. The molecule has 2 aliphatic heterocycles. The molecule has 42 heavy (non-hydrogen) atoms. The highest BCUT2D eigenvalue weighted by Gasteiger charge is 2.48. The maximum absolute atomic E-state index is 13.6. The number of anilines is 1. The molecule has 3 aromatic rings. The van der Waals surface area contributed by atoms with Crippen LogP contribution in [0.3, 0.4) is 0 Å². The van der Waals surface area contributed by atoms with Crippen LogP contribution < -0.4 is 10.6 Å². The smallest absolute Gasteiger partial charge is 0.326 e. The van der Waals surface area contributed by atoms with Crippen molar-refractivity contribution in [2.75, 3.05) is 5.32 Å². The van der Waals surface area contributed by atoms with E-state index < -0.39 is 29.9 Å². The number of amides is 3. The summed E-state index contributed by atoms with van der Waals surface area (Å²) in [6.45, 7) is 1.88. The number of pyridine rings is 1. The molecule has 3 fully saturated rings. The molecule has 0 radical (unpaired) electrons. The molecular formula is C29H30Cl2N6O5. The van der Waals surface area contributed by atoms with Gasteiger partial charge < -0.3 is 20.6 Å². The number of carboxylic acid groups (broad SMARTS) is 1. The van der Waals surface area contributed by atoms with Crippen molar-refractivity contribution in [2.45, 2.75) is 63.7 Å². The Morgan fingerprint density at radius 2 is 1.69 bits per heavy atom. The number of fused-ring (bicyclic) bond motifs is 3. The molecule has 1 saturated carbocycles. The number of rotatable bonds is 9. The van der Waals surface area contributed by atoms with Gasteiger partial charge >= 0.3 is 5.97 Å². The van der Waals surface area contributed by atoms with Crippen LogP contribution in [-0.2, 0) is 27.3 Å². The molecule has 3 aliphatic rings. The Kier molecular flexibility index (Phi) is 8.79. The van der Waals surface area contributed by atoms with Gasteiger partial charge in [0.05, 0.1) is 15.6 Å². The summed E-state index contributed by atoms with van der Waals surface area (Å²) in [6.07, 6.45) is 7.55. The molecule has 0 spiro atoms. The summed E-state index contributed by atoms with van der Waals surface area (Å²) < 4.78 is 1.60. The maximum Gasteiger partial charge on any atom is 0.326 e. The molecule has 6 rings (SSSR count). The average molecular weight is 614 g/mol. The van der Waals surface area contributed by atoms with Crippen molar-refractivity contribution in [1.29, 1.82) is 0 Å². The number of aryl methyl sites for hydroxylation is 1. The highest BCUT2D eigenvalue weighted by molar-refractivity contribution is 6.40. The van der Waals surface area contributed by atoms with Gasteiger partial charge in [-0.25, -0.2) is 4.79 Å². The van der Waals surface area contributed by atoms with Gasteiger partial charge in [-0.3, -0.25) is 24.0 Å². The zero-order chi connectivity index (χ0) is 30.0. The van der Waals surface area contributed by atoms with Gasteiger partial charge in [0.1, 0.15) is 18.6 Å². The van der Waals surface area contributed by atoms with Crippen molar-refractivity contribution in [3.05, 3.63) is 75.8 Å². The van der Waals surface area contributed by atoms with Gasteiger partial charge in [-0.15, -0.1) is 0 Å². The summed E-state index contributed by atoms with van der Waals surface area (Å²) in [6, 6.07) is 6.38. The third-order valence-corrected chi connectivity index (χ3v) is 8.57. The fourth-order valence-electron chi connectivity index (χ4n) is 5.86. The summed E-state index contributed by atoms with van der Waals surface area (Å²) >= 11 is 12.1. The lowest BCUT2D eigenvalue weighted by Crippen LogP contribution is -2.64. The van der Waals surface area contributed by atoms with Crippen molar-refractivity contribution in [1.82, 2.24) is 25.0 Å². The second kappa shape index (κ2) is 12.5. The zero-order valence-corrected chi connectivity index (χ0v) is 24.3. The fraction of sp³-hybridized carbons (Fsp3) is 0.379. The lowest BCUT2D eigenvalue weighted by molar-refractivity contribution is -0.155. The number of carbonyl (C=O) groups excluding carboxylic acids is 3. The molecule has 2 aromatic heterocycles. The van der Waals surface area contributed by atoms with Crippen LogP contribution in [-0.4, -0.2) is 66.6 Å². The molecule has 220 valence electrons. The van der Waals surface area contributed by atoms with Crippen LogP contribution in [0, 0.1) is 12.8 Å². The Morgan fingerprint density at radius 1 is 1.02 bits per heavy atom. The molecule has 2 saturated heterocycles. The lowest BCUT2D eigenvalue weighted by Gasteiger charge is -2.50.